The summed E-state index contributed by atoms with van der Waals surface area (Å²) in [7, 11) is 0. The van der Waals surface area contributed by atoms with Crippen LogP contribution < -0.4 is 0 Å². The van der Waals surface area contributed by atoms with Gasteiger partial charge in [0.05, 0.1) is 6.61 Å². The summed E-state index contributed by atoms with van der Waals surface area (Å²) in [5, 5.41) is 0. The lowest BCUT2D eigenvalue weighted by Gasteiger charge is -2.56. The molecule has 0 atom stereocenters. The lowest BCUT2D eigenvalue weighted by Crippen LogP contribution is -2.48. The van der Waals surface area contributed by atoms with Crippen LogP contribution in [0.2, 0.25) is 0 Å². The fourth-order valence-corrected chi connectivity index (χ4v) is 6.74. The van der Waals surface area contributed by atoms with Crippen molar-refractivity contribution < 1.29 is 4.74 Å². The molecule has 0 aliphatic heterocycles. The topological polar surface area (TPSA) is 9.23 Å². The number of ether oxygens (including phenoxy) is 1. The van der Waals surface area contributed by atoms with Crippen LogP contribution in [0.25, 0.3) is 0 Å². The largest absolute Gasteiger partial charge is 0.381 e. The van der Waals surface area contributed by atoms with E-state index in [2.05, 4.69) is 20.8 Å². The van der Waals surface area contributed by atoms with Crippen molar-refractivity contribution in [3.05, 3.63) is 0 Å². The molecule has 0 N–H and O–H groups in total. The van der Waals surface area contributed by atoms with Crippen LogP contribution in [0.15, 0.2) is 0 Å². The summed E-state index contributed by atoms with van der Waals surface area (Å²) in [5.74, 6) is 3.21. The second kappa shape index (κ2) is 14.9. The van der Waals surface area contributed by atoms with Gasteiger partial charge in [-0.15, -0.1) is 0 Å². The summed E-state index contributed by atoms with van der Waals surface area (Å²) in [4.78, 5) is 0. The first kappa shape index (κ1) is 25.2. The van der Waals surface area contributed by atoms with Gasteiger partial charge in [-0.2, -0.15) is 0 Å². The van der Waals surface area contributed by atoms with Crippen LogP contribution in [-0.4, -0.2) is 13.2 Å². The average Bonchev–Trinajstić information content (AvgIpc) is 2.70. The zero-order chi connectivity index (χ0) is 20.8. The van der Waals surface area contributed by atoms with E-state index in [1.165, 1.54) is 103 Å². The lowest BCUT2D eigenvalue weighted by molar-refractivity contribution is -0.0965. The maximum absolute atomic E-state index is 5.96. The molecular formula is C28H54O. The third-order valence-corrected chi connectivity index (χ3v) is 7.92. The van der Waals surface area contributed by atoms with E-state index in [0.29, 0.717) is 5.41 Å². The van der Waals surface area contributed by atoms with Crippen molar-refractivity contribution in [2.24, 2.45) is 23.2 Å². The third kappa shape index (κ3) is 9.75. The Balaban J connectivity index is 0.000000213. The highest BCUT2D eigenvalue weighted by molar-refractivity contribution is 5.01. The van der Waals surface area contributed by atoms with E-state index in [9.17, 15) is 0 Å². The molecule has 0 heterocycles. The van der Waals surface area contributed by atoms with Crippen molar-refractivity contribution in [1.29, 1.82) is 0 Å². The minimum atomic E-state index is 0.627. The molecule has 0 saturated heterocycles. The summed E-state index contributed by atoms with van der Waals surface area (Å²) >= 11 is 0. The highest BCUT2D eigenvalue weighted by Gasteiger charge is 2.50. The number of rotatable bonds is 15. The molecule has 4 saturated carbocycles. The van der Waals surface area contributed by atoms with Crippen molar-refractivity contribution >= 4 is 0 Å². The minimum Gasteiger partial charge on any atom is -0.381 e. The molecular weight excluding hydrogens is 352 g/mol. The molecule has 0 spiro atoms. The van der Waals surface area contributed by atoms with Gasteiger partial charge in [0.1, 0.15) is 0 Å². The lowest BCUT2D eigenvalue weighted by atomic mass is 9.50. The van der Waals surface area contributed by atoms with Crippen LogP contribution in [-0.2, 0) is 4.74 Å². The predicted octanol–water partition coefficient (Wildman–Crippen LogP) is 9.34. The molecule has 0 aromatic rings. The minimum absolute atomic E-state index is 0.627. The summed E-state index contributed by atoms with van der Waals surface area (Å²) < 4.78 is 5.96. The summed E-state index contributed by atoms with van der Waals surface area (Å²) in [5.41, 5.74) is 0.627. The van der Waals surface area contributed by atoms with Gasteiger partial charge in [0.2, 0.25) is 0 Å². The van der Waals surface area contributed by atoms with E-state index in [0.717, 1.165) is 31.0 Å². The Morgan fingerprint density at radius 2 is 0.931 bits per heavy atom. The molecule has 0 aromatic carbocycles. The first-order valence-corrected chi connectivity index (χ1v) is 13.8. The third-order valence-electron chi connectivity index (χ3n) is 7.92. The zero-order valence-electron chi connectivity index (χ0n) is 20.5. The van der Waals surface area contributed by atoms with Gasteiger partial charge in [-0.25, -0.2) is 0 Å². The number of unbranched alkanes of at least 4 members (excludes halogenated alkanes) is 11. The maximum atomic E-state index is 5.96. The van der Waals surface area contributed by atoms with E-state index in [1.54, 1.807) is 19.3 Å². The van der Waals surface area contributed by atoms with Crippen molar-refractivity contribution in [1.82, 2.24) is 0 Å². The monoisotopic (exact) mass is 406 g/mol. The van der Waals surface area contributed by atoms with Crippen LogP contribution in [0.1, 0.15) is 143 Å². The molecule has 0 unspecified atom stereocenters. The van der Waals surface area contributed by atoms with E-state index >= 15 is 0 Å². The highest BCUT2D eigenvalue weighted by atomic mass is 16.5. The van der Waals surface area contributed by atoms with Crippen LogP contribution >= 0.6 is 0 Å². The Morgan fingerprint density at radius 3 is 1.31 bits per heavy atom. The number of hydrogen-bond donors (Lipinski definition) is 0. The van der Waals surface area contributed by atoms with Gasteiger partial charge in [0.25, 0.3) is 0 Å². The molecule has 29 heavy (non-hydrogen) atoms. The van der Waals surface area contributed by atoms with Gasteiger partial charge in [0, 0.05) is 6.61 Å². The first-order chi connectivity index (χ1) is 14.2. The van der Waals surface area contributed by atoms with E-state index < -0.39 is 0 Å². The van der Waals surface area contributed by atoms with Gasteiger partial charge in [-0.1, -0.05) is 97.8 Å². The van der Waals surface area contributed by atoms with E-state index in [4.69, 9.17) is 4.74 Å². The van der Waals surface area contributed by atoms with Crippen molar-refractivity contribution in [3.8, 4) is 0 Å². The molecule has 1 nitrogen and oxygen atoms in total. The van der Waals surface area contributed by atoms with Crippen molar-refractivity contribution in [3.63, 3.8) is 0 Å². The molecule has 4 aliphatic carbocycles. The molecule has 172 valence electrons. The summed E-state index contributed by atoms with van der Waals surface area (Å²) in [6, 6.07) is 0. The summed E-state index contributed by atoms with van der Waals surface area (Å²) in [6.45, 7) is 8.89. The van der Waals surface area contributed by atoms with Gasteiger partial charge in [-0.3, -0.25) is 0 Å². The quantitative estimate of drug-likeness (QED) is 0.246. The van der Waals surface area contributed by atoms with E-state index in [1.807, 2.05) is 0 Å². The molecule has 0 radical (unpaired) electrons. The molecule has 0 amide bonds. The van der Waals surface area contributed by atoms with Gasteiger partial charge >= 0.3 is 0 Å². The second-order valence-electron chi connectivity index (χ2n) is 11.0. The predicted molar refractivity (Wildman–Crippen MR) is 128 cm³/mol. The van der Waals surface area contributed by atoms with Crippen LogP contribution in [0, 0.1) is 23.2 Å². The average molecular weight is 407 g/mol. The Kier molecular flexibility index (Phi) is 12.9. The Bertz CT molecular complexity index is 342. The zero-order valence-corrected chi connectivity index (χ0v) is 20.5. The smallest absolute Gasteiger partial charge is 0.0522 e. The molecule has 0 aromatic heterocycles. The normalized spacial score (nSPS) is 29.7. The maximum Gasteiger partial charge on any atom is 0.0522 e. The fourth-order valence-electron chi connectivity index (χ4n) is 6.74. The Hall–Kier alpha value is -0.0400. The second-order valence-corrected chi connectivity index (χ2v) is 11.0. The SMILES string of the molecule is CCCCCCCCCCCCC.CCCCOCC12CC3CC(CC(C3)C1)C2. The summed E-state index contributed by atoms with van der Waals surface area (Å²) in [6.07, 6.45) is 27.6. The molecule has 4 fully saturated rings. The molecule has 4 aliphatic rings. The Labute approximate surface area is 184 Å². The van der Waals surface area contributed by atoms with Gasteiger partial charge in [0.15, 0.2) is 0 Å². The molecule has 4 bridgehead atoms. The molecule has 1 heteroatoms. The van der Waals surface area contributed by atoms with Crippen molar-refractivity contribution in [2.45, 2.75) is 143 Å². The van der Waals surface area contributed by atoms with Crippen LogP contribution in [0.3, 0.4) is 0 Å². The van der Waals surface area contributed by atoms with E-state index in [-0.39, 0.29) is 0 Å². The molecule has 4 rings (SSSR count). The Morgan fingerprint density at radius 1 is 0.552 bits per heavy atom. The first-order valence-electron chi connectivity index (χ1n) is 13.8. The number of hydrogen-bond acceptors (Lipinski definition) is 1. The van der Waals surface area contributed by atoms with Gasteiger partial charge < -0.3 is 4.74 Å². The van der Waals surface area contributed by atoms with Crippen molar-refractivity contribution in [2.75, 3.05) is 13.2 Å². The van der Waals surface area contributed by atoms with Crippen LogP contribution in [0.5, 0.6) is 0 Å². The standard InChI is InChI=1S/C15H26O.C13H28/c1-2-3-4-16-11-15-8-12-5-13(9-15)7-14(6-12)10-15;1-3-5-7-9-11-13-12-10-8-6-4-2/h12-14H,2-11H2,1H3;3-13H2,1-2H3. The van der Waals surface area contributed by atoms with Gasteiger partial charge in [-0.05, 0) is 68.1 Å². The highest BCUT2D eigenvalue weighted by Crippen LogP contribution is 2.60. The van der Waals surface area contributed by atoms with Crippen LogP contribution in [0.4, 0.5) is 0 Å². The fraction of sp³-hybridized carbons (Fsp3) is 1.00.